The van der Waals surface area contributed by atoms with Gasteiger partial charge in [-0.05, 0) is 49.9 Å². The van der Waals surface area contributed by atoms with Gasteiger partial charge in [-0.15, -0.1) is 0 Å². The molecule has 0 spiro atoms. The molecule has 1 aromatic rings. The van der Waals surface area contributed by atoms with Crippen molar-refractivity contribution in [2.24, 2.45) is 5.92 Å². The molecule has 0 saturated carbocycles. The smallest absolute Gasteiger partial charge is 0.244 e. The van der Waals surface area contributed by atoms with Crippen LogP contribution in [-0.4, -0.2) is 44.6 Å². The Balaban J connectivity index is 1.92. The van der Waals surface area contributed by atoms with Crippen LogP contribution in [0.2, 0.25) is 0 Å². The average Bonchev–Trinajstić information content (AvgIpc) is 2.48. The lowest BCUT2D eigenvalue weighted by Crippen LogP contribution is -2.45. The van der Waals surface area contributed by atoms with Crippen LogP contribution in [0.1, 0.15) is 26.7 Å². The number of amides is 1. The van der Waals surface area contributed by atoms with E-state index in [1.165, 1.54) is 0 Å². The number of nitrogens with one attached hydrogen (secondary N) is 2. The van der Waals surface area contributed by atoms with Gasteiger partial charge in [0.25, 0.3) is 0 Å². The first-order chi connectivity index (χ1) is 10.7. The third kappa shape index (κ3) is 5.42. The van der Waals surface area contributed by atoms with Crippen molar-refractivity contribution in [3.8, 4) is 0 Å². The van der Waals surface area contributed by atoms with E-state index in [4.69, 9.17) is 0 Å². The Bertz CT molecular complexity index is 635. The van der Waals surface area contributed by atoms with E-state index in [9.17, 15) is 13.2 Å². The highest BCUT2D eigenvalue weighted by atomic mass is 32.2. The normalized spacial score (nSPS) is 17.6. The third-order valence-electron chi connectivity index (χ3n) is 4.04. The molecule has 23 heavy (non-hydrogen) atoms. The van der Waals surface area contributed by atoms with Crippen molar-refractivity contribution in [3.05, 3.63) is 24.3 Å². The quantitative estimate of drug-likeness (QED) is 0.861. The van der Waals surface area contributed by atoms with Crippen molar-refractivity contribution >= 4 is 27.3 Å². The molecular weight excluding hydrogens is 314 g/mol. The molecule has 1 fully saturated rings. The molecule has 0 unspecified atom stereocenters. The van der Waals surface area contributed by atoms with Gasteiger partial charge in [0.05, 0.1) is 6.26 Å². The third-order valence-corrected chi connectivity index (χ3v) is 4.64. The maximum Gasteiger partial charge on any atom is 0.244 e. The van der Waals surface area contributed by atoms with E-state index >= 15 is 0 Å². The van der Waals surface area contributed by atoms with Gasteiger partial charge in [-0.25, -0.2) is 8.42 Å². The maximum absolute atomic E-state index is 12.4. The van der Waals surface area contributed by atoms with Gasteiger partial charge in [0.2, 0.25) is 15.9 Å². The van der Waals surface area contributed by atoms with E-state index in [0.717, 1.165) is 37.9 Å². The first kappa shape index (κ1) is 17.6. The van der Waals surface area contributed by atoms with Crippen LogP contribution < -0.4 is 10.0 Å². The molecule has 128 valence electrons. The van der Waals surface area contributed by atoms with Crippen LogP contribution in [0.5, 0.6) is 0 Å². The second-order valence-electron chi connectivity index (χ2n) is 6.33. The van der Waals surface area contributed by atoms with Crippen LogP contribution in [0.25, 0.3) is 0 Å². The minimum atomic E-state index is -3.28. The number of nitrogens with zero attached hydrogens (tertiary/aromatic N) is 1. The minimum Gasteiger partial charge on any atom is -0.374 e. The van der Waals surface area contributed by atoms with E-state index < -0.39 is 10.0 Å². The summed E-state index contributed by atoms with van der Waals surface area (Å²) in [6.45, 7) is 5.71. The van der Waals surface area contributed by atoms with Gasteiger partial charge in [-0.2, -0.15) is 0 Å². The summed E-state index contributed by atoms with van der Waals surface area (Å²) in [5.41, 5.74) is 1.29. The van der Waals surface area contributed by atoms with E-state index in [2.05, 4.69) is 17.0 Å². The summed E-state index contributed by atoms with van der Waals surface area (Å²) in [5, 5.41) is 3.17. The SMILES string of the molecule is CC1CCN(C(=O)[C@@H](C)Nc2ccc(NS(C)(=O)=O)cc2)CC1. The number of anilines is 2. The van der Waals surface area contributed by atoms with Crippen LogP contribution in [-0.2, 0) is 14.8 Å². The zero-order chi connectivity index (χ0) is 17.0. The topological polar surface area (TPSA) is 78.5 Å². The molecule has 7 heteroatoms. The van der Waals surface area contributed by atoms with Crippen molar-refractivity contribution < 1.29 is 13.2 Å². The number of rotatable bonds is 5. The van der Waals surface area contributed by atoms with Crippen LogP contribution >= 0.6 is 0 Å². The maximum atomic E-state index is 12.4. The Morgan fingerprint density at radius 2 is 1.70 bits per heavy atom. The lowest BCUT2D eigenvalue weighted by molar-refractivity contribution is -0.132. The van der Waals surface area contributed by atoms with Crippen LogP contribution in [0.4, 0.5) is 11.4 Å². The Morgan fingerprint density at radius 1 is 1.17 bits per heavy atom. The standard InChI is InChI=1S/C16H25N3O3S/c1-12-8-10-19(11-9-12)16(20)13(2)17-14-4-6-15(7-5-14)18-23(3,21)22/h4-7,12-13,17-18H,8-11H2,1-3H3/t13-/m1/s1. The van der Waals surface area contributed by atoms with Gasteiger partial charge in [-0.1, -0.05) is 6.92 Å². The molecule has 0 radical (unpaired) electrons. The summed E-state index contributed by atoms with van der Waals surface area (Å²) in [6.07, 6.45) is 3.23. The zero-order valence-electron chi connectivity index (χ0n) is 13.9. The molecule has 0 bridgehead atoms. The second kappa shape index (κ2) is 7.21. The molecule has 1 heterocycles. The predicted octanol–water partition coefficient (Wildman–Crippen LogP) is 2.12. The lowest BCUT2D eigenvalue weighted by Gasteiger charge is -2.32. The monoisotopic (exact) mass is 339 g/mol. The number of benzene rings is 1. The molecule has 2 rings (SSSR count). The molecule has 2 N–H and O–H groups in total. The number of hydrogen-bond donors (Lipinski definition) is 2. The highest BCUT2D eigenvalue weighted by Crippen LogP contribution is 2.19. The van der Waals surface area contributed by atoms with E-state index in [1.807, 2.05) is 11.8 Å². The van der Waals surface area contributed by atoms with Crippen LogP contribution in [0, 0.1) is 5.92 Å². The van der Waals surface area contributed by atoms with Crippen molar-refractivity contribution in [1.29, 1.82) is 0 Å². The fraction of sp³-hybridized carbons (Fsp3) is 0.562. The van der Waals surface area contributed by atoms with E-state index in [-0.39, 0.29) is 11.9 Å². The Kier molecular flexibility index (Phi) is 5.51. The average molecular weight is 339 g/mol. The molecule has 1 atom stereocenters. The van der Waals surface area contributed by atoms with E-state index in [0.29, 0.717) is 11.6 Å². The first-order valence-corrected chi connectivity index (χ1v) is 9.77. The van der Waals surface area contributed by atoms with Crippen molar-refractivity contribution in [1.82, 2.24) is 4.90 Å². The predicted molar refractivity (Wildman–Crippen MR) is 93.0 cm³/mol. The zero-order valence-corrected chi connectivity index (χ0v) is 14.7. The number of sulfonamides is 1. The minimum absolute atomic E-state index is 0.107. The van der Waals surface area contributed by atoms with Gasteiger partial charge in [0, 0.05) is 24.5 Å². The van der Waals surface area contributed by atoms with Gasteiger partial charge >= 0.3 is 0 Å². The number of carbonyl (C=O) groups is 1. The second-order valence-corrected chi connectivity index (χ2v) is 8.07. The fourth-order valence-corrected chi connectivity index (χ4v) is 3.23. The van der Waals surface area contributed by atoms with Crippen molar-refractivity contribution in [2.45, 2.75) is 32.7 Å². The number of piperidine rings is 1. The molecule has 0 aromatic heterocycles. The molecule has 1 saturated heterocycles. The molecule has 1 aliphatic rings. The Hall–Kier alpha value is -1.76. The molecule has 1 amide bonds. The van der Waals surface area contributed by atoms with Gasteiger partial charge in [0.1, 0.15) is 6.04 Å². The van der Waals surface area contributed by atoms with E-state index in [1.54, 1.807) is 24.3 Å². The molecule has 0 aliphatic carbocycles. The van der Waals surface area contributed by atoms with Gasteiger partial charge < -0.3 is 10.2 Å². The van der Waals surface area contributed by atoms with Crippen molar-refractivity contribution in [2.75, 3.05) is 29.4 Å². The fourth-order valence-electron chi connectivity index (χ4n) is 2.66. The molecular formula is C16H25N3O3S. The highest BCUT2D eigenvalue weighted by molar-refractivity contribution is 7.92. The molecule has 6 nitrogen and oxygen atoms in total. The number of carbonyl (C=O) groups excluding carboxylic acids is 1. The summed E-state index contributed by atoms with van der Waals surface area (Å²) in [5.74, 6) is 0.799. The van der Waals surface area contributed by atoms with Crippen molar-refractivity contribution in [3.63, 3.8) is 0 Å². The summed E-state index contributed by atoms with van der Waals surface area (Å²) in [6, 6.07) is 6.55. The largest absolute Gasteiger partial charge is 0.374 e. The number of likely N-dealkylation sites (tertiary alicyclic amines) is 1. The van der Waals surface area contributed by atoms with Crippen LogP contribution in [0.3, 0.4) is 0 Å². The van der Waals surface area contributed by atoms with Crippen LogP contribution in [0.15, 0.2) is 24.3 Å². The first-order valence-electron chi connectivity index (χ1n) is 7.88. The Labute approximate surface area is 138 Å². The summed E-state index contributed by atoms with van der Waals surface area (Å²) < 4.78 is 24.8. The summed E-state index contributed by atoms with van der Waals surface area (Å²) in [4.78, 5) is 14.3. The highest BCUT2D eigenvalue weighted by Gasteiger charge is 2.24. The Morgan fingerprint density at radius 3 is 2.22 bits per heavy atom. The summed E-state index contributed by atoms with van der Waals surface area (Å²) >= 11 is 0. The van der Waals surface area contributed by atoms with Gasteiger partial charge in [-0.3, -0.25) is 9.52 Å². The molecule has 1 aromatic carbocycles. The lowest BCUT2D eigenvalue weighted by atomic mass is 9.99. The van der Waals surface area contributed by atoms with Gasteiger partial charge in [0.15, 0.2) is 0 Å². The number of hydrogen-bond acceptors (Lipinski definition) is 4. The summed E-state index contributed by atoms with van der Waals surface area (Å²) in [7, 11) is -3.28. The molecule has 1 aliphatic heterocycles.